The Bertz CT molecular complexity index is 441. The fraction of sp³-hybridized carbons (Fsp3) is 0.455. The van der Waals surface area contributed by atoms with Crippen molar-refractivity contribution in [1.29, 1.82) is 0 Å². The molecule has 19 heavy (non-hydrogen) atoms. The topological polar surface area (TPSA) is 51.2 Å². The van der Waals surface area contributed by atoms with Gasteiger partial charge in [-0.2, -0.15) is 13.2 Å². The highest BCUT2D eigenvalue weighted by molar-refractivity contribution is 9.10. The summed E-state index contributed by atoms with van der Waals surface area (Å²) in [5, 5.41) is 2.56. The molecule has 106 valence electrons. The van der Waals surface area contributed by atoms with Gasteiger partial charge in [0.2, 0.25) is 11.8 Å². The van der Waals surface area contributed by atoms with Crippen molar-refractivity contribution in [2.24, 2.45) is 0 Å². The number of carbonyl (C=O) groups is 1. The van der Waals surface area contributed by atoms with Crippen molar-refractivity contribution < 1.29 is 22.7 Å². The number of carbonyl (C=O) groups excluding carboxylic acids is 1. The van der Waals surface area contributed by atoms with Crippen molar-refractivity contribution in [3.05, 3.63) is 18.3 Å². The van der Waals surface area contributed by atoms with E-state index in [4.69, 9.17) is 0 Å². The molecule has 0 spiro atoms. The largest absolute Gasteiger partial charge is 0.468 e. The fourth-order valence-electron chi connectivity index (χ4n) is 0.975. The third kappa shape index (κ3) is 5.91. The Balaban J connectivity index is 2.60. The number of amides is 1. The van der Waals surface area contributed by atoms with E-state index in [0.717, 1.165) is 0 Å². The van der Waals surface area contributed by atoms with Gasteiger partial charge in [-0.15, -0.1) is 0 Å². The van der Waals surface area contributed by atoms with Gasteiger partial charge in [-0.25, -0.2) is 4.98 Å². The first-order valence-electron chi connectivity index (χ1n) is 5.24. The number of halogens is 4. The van der Waals surface area contributed by atoms with Gasteiger partial charge in [0.1, 0.15) is 0 Å². The van der Waals surface area contributed by atoms with E-state index in [9.17, 15) is 18.0 Å². The van der Waals surface area contributed by atoms with E-state index in [1.165, 1.54) is 18.3 Å². The standard InChI is InChI=1S/C11H12BrF3N2O2/c1-10(2,12)9(18)17-7-3-4-8(16-5-7)19-6-11(13,14)15/h3-5H,6H2,1-2H3,(H,17,18). The molecular formula is C11H12BrF3N2O2. The zero-order chi connectivity index (χ0) is 14.7. The number of ether oxygens (including phenoxy) is 1. The molecule has 1 heterocycles. The fourth-order valence-corrected chi connectivity index (χ4v) is 1.07. The van der Waals surface area contributed by atoms with Crippen molar-refractivity contribution in [3.8, 4) is 5.88 Å². The second kappa shape index (κ2) is 5.77. The van der Waals surface area contributed by atoms with E-state index in [0.29, 0.717) is 5.69 Å². The molecule has 0 unspecified atom stereocenters. The van der Waals surface area contributed by atoms with Crippen LogP contribution in [0.4, 0.5) is 18.9 Å². The van der Waals surface area contributed by atoms with E-state index >= 15 is 0 Å². The predicted molar refractivity (Wildman–Crippen MR) is 67.4 cm³/mol. The molecule has 0 aromatic carbocycles. The number of rotatable bonds is 4. The second-order valence-electron chi connectivity index (χ2n) is 4.22. The van der Waals surface area contributed by atoms with Crippen molar-refractivity contribution >= 4 is 27.5 Å². The van der Waals surface area contributed by atoms with Crippen LogP contribution in [0.15, 0.2) is 18.3 Å². The molecule has 1 aromatic heterocycles. The third-order valence-electron chi connectivity index (χ3n) is 1.92. The van der Waals surface area contributed by atoms with Crippen LogP contribution in [0.25, 0.3) is 0 Å². The van der Waals surface area contributed by atoms with Crippen LogP contribution in [0.2, 0.25) is 0 Å². The minimum absolute atomic E-state index is 0.159. The molecule has 0 saturated heterocycles. The minimum atomic E-state index is -4.41. The first-order valence-corrected chi connectivity index (χ1v) is 6.03. The van der Waals surface area contributed by atoms with Crippen molar-refractivity contribution in [2.45, 2.75) is 24.3 Å². The Hall–Kier alpha value is -1.31. The Morgan fingerprint density at radius 2 is 2.05 bits per heavy atom. The van der Waals surface area contributed by atoms with Crippen LogP contribution in [0, 0.1) is 0 Å². The highest BCUT2D eigenvalue weighted by Crippen LogP contribution is 2.20. The lowest BCUT2D eigenvalue weighted by Gasteiger charge is -2.15. The van der Waals surface area contributed by atoms with Crippen LogP contribution in [0.5, 0.6) is 5.88 Å². The summed E-state index contributed by atoms with van der Waals surface area (Å²) in [5.74, 6) is -0.452. The molecule has 0 aliphatic rings. The lowest BCUT2D eigenvalue weighted by atomic mass is 10.2. The number of alkyl halides is 4. The van der Waals surface area contributed by atoms with Gasteiger partial charge in [0, 0.05) is 6.07 Å². The SMILES string of the molecule is CC(C)(Br)C(=O)Nc1ccc(OCC(F)(F)F)nc1. The Labute approximate surface area is 116 Å². The first kappa shape index (κ1) is 15.7. The highest BCUT2D eigenvalue weighted by Gasteiger charge is 2.28. The maximum atomic E-state index is 11.9. The smallest absolute Gasteiger partial charge is 0.422 e. The molecule has 0 radical (unpaired) electrons. The van der Waals surface area contributed by atoms with Crippen LogP contribution in [0.1, 0.15) is 13.8 Å². The molecule has 1 amide bonds. The van der Waals surface area contributed by atoms with Gasteiger partial charge >= 0.3 is 6.18 Å². The molecule has 0 saturated carbocycles. The van der Waals surface area contributed by atoms with Crippen molar-refractivity contribution in [2.75, 3.05) is 11.9 Å². The van der Waals surface area contributed by atoms with Crippen LogP contribution in [-0.4, -0.2) is 28.0 Å². The number of hydrogen-bond acceptors (Lipinski definition) is 3. The zero-order valence-corrected chi connectivity index (χ0v) is 11.8. The van der Waals surface area contributed by atoms with E-state index in [1.54, 1.807) is 13.8 Å². The summed E-state index contributed by atoms with van der Waals surface area (Å²) in [7, 11) is 0. The van der Waals surface area contributed by atoms with Gasteiger partial charge in [-0.05, 0) is 19.9 Å². The van der Waals surface area contributed by atoms with E-state index in [1.807, 2.05) is 0 Å². The normalized spacial score (nSPS) is 12.1. The molecular weight excluding hydrogens is 329 g/mol. The van der Waals surface area contributed by atoms with Gasteiger partial charge in [0.25, 0.3) is 0 Å². The van der Waals surface area contributed by atoms with Crippen LogP contribution >= 0.6 is 15.9 Å². The molecule has 1 N–H and O–H groups in total. The number of hydrogen-bond donors (Lipinski definition) is 1. The average Bonchev–Trinajstić information content (AvgIpc) is 2.26. The van der Waals surface area contributed by atoms with Crippen LogP contribution < -0.4 is 10.1 Å². The number of nitrogens with one attached hydrogen (secondary N) is 1. The number of anilines is 1. The molecule has 1 rings (SSSR count). The zero-order valence-electron chi connectivity index (χ0n) is 10.2. The summed E-state index contributed by atoms with van der Waals surface area (Å²) in [6, 6.07) is 2.66. The van der Waals surface area contributed by atoms with Gasteiger partial charge in [-0.1, -0.05) is 15.9 Å². The van der Waals surface area contributed by atoms with E-state index in [2.05, 4.69) is 31.0 Å². The summed E-state index contributed by atoms with van der Waals surface area (Å²) < 4.78 is 39.4. The maximum absolute atomic E-state index is 11.9. The van der Waals surface area contributed by atoms with E-state index in [-0.39, 0.29) is 11.8 Å². The van der Waals surface area contributed by atoms with Crippen molar-refractivity contribution in [3.63, 3.8) is 0 Å². The minimum Gasteiger partial charge on any atom is -0.468 e. The Morgan fingerprint density at radius 1 is 1.42 bits per heavy atom. The molecule has 4 nitrogen and oxygen atoms in total. The molecule has 0 aliphatic carbocycles. The predicted octanol–water partition coefficient (Wildman–Crippen LogP) is 3.13. The lowest BCUT2D eigenvalue weighted by Crippen LogP contribution is -2.30. The average molecular weight is 341 g/mol. The molecule has 0 bridgehead atoms. The Morgan fingerprint density at radius 3 is 2.47 bits per heavy atom. The number of aromatic nitrogens is 1. The molecule has 1 aromatic rings. The molecule has 0 atom stereocenters. The van der Waals surface area contributed by atoms with Gasteiger partial charge in [0.15, 0.2) is 6.61 Å². The third-order valence-corrected chi connectivity index (χ3v) is 2.28. The number of pyridine rings is 1. The second-order valence-corrected chi connectivity index (χ2v) is 6.20. The quantitative estimate of drug-likeness (QED) is 0.856. The highest BCUT2D eigenvalue weighted by atomic mass is 79.9. The van der Waals surface area contributed by atoms with Crippen LogP contribution in [0.3, 0.4) is 0 Å². The van der Waals surface area contributed by atoms with Gasteiger partial charge in [-0.3, -0.25) is 4.79 Å². The molecule has 8 heteroatoms. The first-order chi connectivity index (χ1) is 8.58. The summed E-state index contributed by atoms with van der Waals surface area (Å²) in [6.07, 6.45) is -3.18. The molecule has 0 aliphatic heterocycles. The summed E-state index contributed by atoms with van der Waals surface area (Å²) in [6.45, 7) is 1.92. The maximum Gasteiger partial charge on any atom is 0.422 e. The van der Waals surface area contributed by atoms with E-state index < -0.39 is 17.1 Å². The van der Waals surface area contributed by atoms with Gasteiger partial charge < -0.3 is 10.1 Å². The Kier molecular flexibility index (Phi) is 4.78. The number of nitrogens with zero attached hydrogens (tertiary/aromatic N) is 1. The summed E-state index contributed by atoms with van der Waals surface area (Å²) in [5.41, 5.74) is 0.372. The monoisotopic (exact) mass is 340 g/mol. The van der Waals surface area contributed by atoms with Gasteiger partial charge in [0.05, 0.1) is 16.2 Å². The lowest BCUT2D eigenvalue weighted by molar-refractivity contribution is -0.154. The van der Waals surface area contributed by atoms with Crippen molar-refractivity contribution in [1.82, 2.24) is 4.98 Å². The van der Waals surface area contributed by atoms with Crippen LogP contribution in [-0.2, 0) is 4.79 Å². The summed E-state index contributed by atoms with van der Waals surface area (Å²) >= 11 is 3.18. The molecule has 0 fully saturated rings. The summed E-state index contributed by atoms with van der Waals surface area (Å²) in [4.78, 5) is 15.3.